The second kappa shape index (κ2) is 12.7. The van der Waals surface area contributed by atoms with Crippen LogP contribution in [0.2, 0.25) is 0 Å². The molecule has 6 N–H and O–H groups in total. The van der Waals surface area contributed by atoms with Gasteiger partial charge in [0, 0.05) is 19.4 Å². The average molecular weight is 361 g/mol. The Morgan fingerprint density at radius 2 is 1.48 bits per heavy atom. The number of rotatable bonds is 14. The van der Waals surface area contributed by atoms with Crippen LogP contribution in [0.15, 0.2) is 0 Å². The monoisotopic (exact) mass is 361 g/mol. The zero-order valence-electron chi connectivity index (χ0n) is 15.0. The predicted octanol–water partition coefficient (Wildman–Crippen LogP) is -0.136. The molecule has 25 heavy (non-hydrogen) atoms. The molecular formula is C18H35NO6. The van der Waals surface area contributed by atoms with Gasteiger partial charge in [-0.15, -0.1) is 0 Å². The minimum absolute atomic E-state index is 0.145. The van der Waals surface area contributed by atoms with Crippen molar-refractivity contribution < 1.29 is 30.3 Å². The second-order valence-electron chi connectivity index (χ2n) is 7.06. The number of Topliss-reactive ketones (excluding diaryl/α,β-unsaturated/α-hetero) is 1. The van der Waals surface area contributed by atoms with Gasteiger partial charge in [-0.05, 0) is 25.7 Å². The Morgan fingerprint density at radius 1 is 0.880 bits per heavy atom. The molecule has 1 aliphatic rings. The third kappa shape index (κ3) is 8.11. The molecule has 148 valence electrons. The highest BCUT2D eigenvalue weighted by atomic mass is 16.3. The number of hydrogen-bond donors (Lipinski definition) is 6. The van der Waals surface area contributed by atoms with Gasteiger partial charge < -0.3 is 30.8 Å². The van der Waals surface area contributed by atoms with Gasteiger partial charge >= 0.3 is 0 Å². The first-order valence-electron chi connectivity index (χ1n) is 9.55. The molecule has 1 fully saturated rings. The first-order valence-corrected chi connectivity index (χ1v) is 9.55. The van der Waals surface area contributed by atoms with Crippen LogP contribution in [0.3, 0.4) is 0 Å². The van der Waals surface area contributed by atoms with Crippen LogP contribution >= 0.6 is 0 Å². The maximum absolute atomic E-state index is 11.6. The van der Waals surface area contributed by atoms with Crippen molar-refractivity contribution >= 4 is 5.78 Å². The summed E-state index contributed by atoms with van der Waals surface area (Å²) in [6.07, 6.45) is 4.90. The molecule has 0 unspecified atom stereocenters. The summed E-state index contributed by atoms with van der Waals surface area (Å²) >= 11 is 0. The van der Waals surface area contributed by atoms with Gasteiger partial charge in [-0.1, -0.05) is 25.7 Å². The number of nitrogens with one attached hydrogen (secondary N) is 1. The number of carbonyl (C=O) groups excluding carboxylic acids is 1. The Morgan fingerprint density at radius 3 is 2.08 bits per heavy atom. The molecule has 0 radical (unpaired) electrons. The van der Waals surface area contributed by atoms with Gasteiger partial charge in [0.15, 0.2) is 0 Å². The Balaban J connectivity index is 2.03. The molecular weight excluding hydrogens is 326 g/mol. The number of aliphatic hydroxyl groups excluding tert-OH is 5. The van der Waals surface area contributed by atoms with Crippen molar-refractivity contribution in [2.75, 3.05) is 13.2 Å². The fraction of sp³-hybridized carbons (Fsp3) is 0.944. The third-order valence-corrected chi connectivity index (χ3v) is 4.97. The van der Waals surface area contributed by atoms with Crippen molar-refractivity contribution in [3.63, 3.8) is 0 Å². The zero-order chi connectivity index (χ0) is 18.7. The molecule has 1 saturated heterocycles. The maximum Gasteiger partial charge on any atom is 0.132 e. The molecule has 0 spiro atoms. The number of carbonyl (C=O) groups is 1. The molecule has 1 heterocycles. The molecule has 0 aromatic carbocycles. The van der Waals surface area contributed by atoms with E-state index in [2.05, 4.69) is 5.32 Å². The highest BCUT2D eigenvalue weighted by Crippen LogP contribution is 2.20. The Hall–Kier alpha value is -0.570. The van der Waals surface area contributed by atoms with Crippen molar-refractivity contribution in [3.8, 4) is 0 Å². The van der Waals surface area contributed by atoms with Gasteiger partial charge in [0.1, 0.15) is 5.78 Å². The van der Waals surface area contributed by atoms with E-state index in [9.17, 15) is 20.1 Å². The van der Waals surface area contributed by atoms with E-state index in [1.165, 1.54) is 0 Å². The lowest BCUT2D eigenvalue weighted by Crippen LogP contribution is -2.44. The first-order chi connectivity index (χ1) is 12.0. The molecule has 7 nitrogen and oxygen atoms in total. The van der Waals surface area contributed by atoms with Crippen LogP contribution in [0, 0.1) is 0 Å². The van der Waals surface area contributed by atoms with Gasteiger partial charge in [-0.25, -0.2) is 0 Å². The second-order valence-corrected chi connectivity index (χ2v) is 7.06. The molecule has 0 amide bonds. The molecule has 0 aliphatic carbocycles. The number of unbranched alkanes of at least 4 members (excludes halogenated alkanes) is 5. The lowest BCUT2D eigenvalue weighted by atomic mass is 9.98. The minimum atomic E-state index is -1.07. The van der Waals surface area contributed by atoms with Crippen LogP contribution < -0.4 is 5.32 Å². The molecule has 0 saturated carbocycles. The number of aliphatic hydroxyl groups is 5. The smallest absolute Gasteiger partial charge is 0.132 e. The van der Waals surface area contributed by atoms with Gasteiger partial charge in [-0.3, -0.25) is 4.79 Å². The van der Waals surface area contributed by atoms with Gasteiger partial charge in [0.05, 0.1) is 37.0 Å². The summed E-state index contributed by atoms with van der Waals surface area (Å²) in [4.78, 5) is 11.6. The molecule has 1 rings (SSSR count). The SMILES string of the molecule is O=C(CCCCO)CCCCCCC[C@H](O)[C@H]1N[C@H](CO)[C@@H](O)[C@@H]1O. The van der Waals surface area contributed by atoms with E-state index >= 15 is 0 Å². The normalized spacial score (nSPS) is 27.6. The van der Waals surface area contributed by atoms with E-state index in [1.807, 2.05) is 0 Å². The molecule has 5 atom stereocenters. The van der Waals surface area contributed by atoms with Crippen LogP contribution in [0.4, 0.5) is 0 Å². The van der Waals surface area contributed by atoms with Gasteiger partial charge in [0.2, 0.25) is 0 Å². The Bertz CT molecular complexity index is 367. The summed E-state index contributed by atoms with van der Waals surface area (Å²) in [6, 6.07) is -1.20. The van der Waals surface area contributed by atoms with Gasteiger partial charge in [0.25, 0.3) is 0 Å². The van der Waals surface area contributed by atoms with Crippen LogP contribution in [0.1, 0.15) is 64.2 Å². The summed E-state index contributed by atoms with van der Waals surface area (Å²) in [6.45, 7) is -0.133. The number of ketones is 1. The first kappa shape index (κ1) is 22.5. The summed E-state index contributed by atoms with van der Waals surface area (Å²) in [5, 5.41) is 50.4. The summed E-state index contributed by atoms with van der Waals surface area (Å²) in [5.41, 5.74) is 0. The van der Waals surface area contributed by atoms with Crippen molar-refractivity contribution in [1.29, 1.82) is 0 Å². The highest BCUT2D eigenvalue weighted by molar-refractivity contribution is 5.78. The average Bonchev–Trinajstić information content (AvgIpc) is 2.89. The fourth-order valence-electron chi connectivity index (χ4n) is 3.34. The van der Waals surface area contributed by atoms with Crippen LogP contribution in [0.25, 0.3) is 0 Å². The highest BCUT2D eigenvalue weighted by Gasteiger charge is 2.43. The fourth-order valence-corrected chi connectivity index (χ4v) is 3.34. The van der Waals surface area contributed by atoms with E-state index in [0.29, 0.717) is 25.7 Å². The topological polar surface area (TPSA) is 130 Å². The maximum atomic E-state index is 11.6. The summed E-state index contributed by atoms with van der Waals surface area (Å²) < 4.78 is 0. The Kier molecular flexibility index (Phi) is 11.4. The van der Waals surface area contributed by atoms with Crippen molar-refractivity contribution in [2.24, 2.45) is 0 Å². The summed E-state index contributed by atoms with van der Waals surface area (Å²) in [5.74, 6) is 0.266. The largest absolute Gasteiger partial charge is 0.396 e. The third-order valence-electron chi connectivity index (χ3n) is 4.97. The van der Waals surface area contributed by atoms with E-state index in [-0.39, 0.29) is 19.0 Å². The molecule has 0 aromatic rings. The Labute approximate surface area is 150 Å². The molecule has 1 aliphatic heterocycles. The zero-order valence-corrected chi connectivity index (χ0v) is 15.0. The number of hydrogen-bond acceptors (Lipinski definition) is 7. The molecule has 0 aromatic heterocycles. The van der Waals surface area contributed by atoms with Crippen LogP contribution in [0.5, 0.6) is 0 Å². The van der Waals surface area contributed by atoms with E-state index in [0.717, 1.165) is 38.5 Å². The van der Waals surface area contributed by atoms with E-state index in [4.69, 9.17) is 10.2 Å². The standard InChI is InChI=1S/C18H35NO6/c20-11-7-6-9-13(22)8-4-2-1-3-5-10-15(23)16-18(25)17(24)14(12-21)19-16/h14-21,23-25H,1-12H2/t14-,15+,16-,17-,18-/m1/s1. The van der Waals surface area contributed by atoms with Gasteiger partial charge in [-0.2, -0.15) is 0 Å². The van der Waals surface area contributed by atoms with Crippen molar-refractivity contribution in [3.05, 3.63) is 0 Å². The lowest BCUT2D eigenvalue weighted by molar-refractivity contribution is -0.119. The van der Waals surface area contributed by atoms with E-state index in [1.54, 1.807) is 0 Å². The molecule has 7 heteroatoms. The van der Waals surface area contributed by atoms with Crippen LogP contribution in [-0.2, 0) is 4.79 Å². The summed E-state index contributed by atoms with van der Waals surface area (Å²) in [7, 11) is 0. The van der Waals surface area contributed by atoms with Crippen molar-refractivity contribution in [2.45, 2.75) is 94.6 Å². The predicted molar refractivity (Wildman–Crippen MR) is 94.1 cm³/mol. The quantitative estimate of drug-likeness (QED) is 0.238. The van der Waals surface area contributed by atoms with Crippen LogP contribution in [-0.4, -0.2) is 74.9 Å². The molecule has 0 bridgehead atoms. The van der Waals surface area contributed by atoms with Crippen molar-refractivity contribution in [1.82, 2.24) is 5.32 Å². The lowest BCUT2D eigenvalue weighted by Gasteiger charge is -2.22. The minimum Gasteiger partial charge on any atom is -0.396 e. The van der Waals surface area contributed by atoms with E-state index < -0.39 is 30.4 Å².